The summed E-state index contributed by atoms with van der Waals surface area (Å²) < 4.78 is 15.6. The first-order valence-electron chi connectivity index (χ1n) is 7.51. The smallest absolute Gasteiger partial charge is 0.257 e. The van der Waals surface area contributed by atoms with E-state index in [0.717, 1.165) is 5.75 Å². The maximum atomic E-state index is 11.7. The third-order valence-corrected chi connectivity index (χ3v) is 3.17. The van der Waals surface area contributed by atoms with Gasteiger partial charge < -0.3 is 24.3 Å². The minimum Gasteiger partial charge on any atom is -0.494 e. The molecule has 0 saturated carbocycles. The van der Waals surface area contributed by atoms with Gasteiger partial charge in [0.15, 0.2) is 6.61 Å². The van der Waals surface area contributed by atoms with E-state index >= 15 is 0 Å². The maximum Gasteiger partial charge on any atom is 0.257 e. The van der Waals surface area contributed by atoms with Gasteiger partial charge in [-0.15, -0.1) is 0 Å². The van der Waals surface area contributed by atoms with Crippen molar-refractivity contribution in [3.05, 3.63) is 48.4 Å². The third kappa shape index (κ3) is 5.67. The van der Waals surface area contributed by atoms with Crippen molar-refractivity contribution in [1.29, 1.82) is 0 Å². The van der Waals surface area contributed by atoms with Crippen molar-refractivity contribution < 1.29 is 23.8 Å². The number of rotatable bonds is 9. The topological polar surface area (TPSA) is 80.9 Å². The number of amides is 1. The molecule has 0 fully saturated rings. The molecule has 0 spiro atoms. The molecule has 1 heterocycles. The maximum absolute atomic E-state index is 11.7. The van der Waals surface area contributed by atoms with Gasteiger partial charge in [0.25, 0.3) is 5.91 Å². The van der Waals surface area contributed by atoms with Crippen LogP contribution in [-0.4, -0.2) is 30.8 Å². The van der Waals surface area contributed by atoms with Crippen molar-refractivity contribution in [1.82, 2.24) is 5.32 Å². The van der Waals surface area contributed by atoms with E-state index in [1.54, 1.807) is 30.3 Å². The zero-order chi connectivity index (χ0) is 16.5. The first kappa shape index (κ1) is 16.9. The molecular formula is C17H21NO5. The summed E-state index contributed by atoms with van der Waals surface area (Å²) in [4.78, 5) is 11.7. The Morgan fingerprint density at radius 1 is 1.22 bits per heavy atom. The van der Waals surface area contributed by atoms with Crippen molar-refractivity contribution in [2.45, 2.75) is 19.4 Å². The van der Waals surface area contributed by atoms with Gasteiger partial charge in [0.2, 0.25) is 0 Å². The van der Waals surface area contributed by atoms with E-state index in [1.807, 2.05) is 6.92 Å². The third-order valence-electron chi connectivity index (χ3n) is 3.17. The molecule has 1 unspecified atom stereocenters. The van der Waals surface area contributed by atoms with Crippen LogP contribution in [-0.2, 0) is 4.79 Å². The monoisotopic (exact) mass is 319 g/mol. The van der Waals surface area contributed by atoms with Crippen molar-refractivity contribution in [2.24, 2.45) is 0 Å². The molecule has 2 aromatic rings. The van der Waals surface area contributed by atoms with Crippen LogP contribution in [0.25, 0.3) is 0 Å². The molecule has 23 heavy (non-hydrogen) atoms. The average molecular weight is 319 g/mol. The minimum atomic E-state index is -0.652. The van der Waals surface area contributed by atoms with Gasteiger partial charge in [0.1, 0.15) is 11.5 Å². The molecule has 0 radical (unpaired) electrons. The predicted octanol–water partition coefficient (Wildman–Crippen LogP) is 2.30. The van der Waals surface area contributed by atoms with Gasteiger partial charge in [-0.1, -0.05) is 0 Å². The second-order valence-electron chi connectivity index (χ2n) is 4.90. The highest BCUT2D eigenvalue weighted by Crippen LogP contribution is 2.17. The number of hydrogen-bond donors (Lipinski definition) is 2. The molecule has 1 atom stereocenters. The molecule has 0 bridgehead atoms. The van der Waals surface area contributed by atoms with Gasteiger partial charge in [-0.2, -0.15) is 0 Å². The van der Waals surface area contributed by atoms with Gasteiger partial charge in [-0.25, -0.2) is 0 Å². The standard InChI is InChI=1S/C17H21NO5/c1-2-22-14-3-5-15(6-4-14)23-12-17(20)18-9-7-16(19)13-8-10-21-11-13/h3-6,8,10-11,16,19H,2,7,9,12H2,1H3,(H,18,20). The first-order chi connectivity index (χ1) is 11.2. The van der Waals surface area contributed by atoms with Gasteiger partial charge in [0, 0.05) is 12.1 Å². The highest BCUT2D eigenvalue weighted by atomic mass is 16.5. The lowest BCUT2D eigenvalue weighted by atomic mass is 10.1. The fourth-order valence-electron chi connectivity index (χ4n) is 1.98. The molecular weight excluding hydrogens is 298 g/mol. The summed E-state index contributed by atoms with van der Waals surface area (Å²) in [5.74, 6) is 1.12. The van der Waals surface area contributed by atoms with Crippen molar-refractivity contribution in [3.63, 3.8) is 0 Å². The molecule has 124 valence electrons. The second-order valence-corrected chi connectivity index (χ2v) is 4.90. The number of ether oxygens (including phenoxy) is 2. The summed E-state index contributed by atoms with van der Waals surface area (Å²) in [6, 6.07) is 8.78. The molecule has 1 aromatic heterocycles. The number of hydrogen-bond acceptors (Lipinski definition) is 5. The highest BCUT2D eigenvalue weighted by Gasteiger charge is 2.09. The van der Waals surface area contributed by atoms with Gasteiger partial charge in [-0.3, -0.25) is 4.79 Å². The summed E-state index contributed by atoms with van der Waals surface area (Å²) in [6.45, 7) is 2.80. The number of aliphatic hydroxyl groups excluding tert-OH is 1. The van der Waals surface area contributed by atoms with Gasteiger partial charge in [0.05, 0.1) is 25.2 Å². The van der Waals surface area contributed by atoms with Crippen LogP contribution in [0.15, 0.2) is 47.3 Å². The van der Waals surface area contributed by atoms with E-state index in [4.69, 9.17) is 13.9 Å². The number of nitrogens with one attached hydrogen (secondary N) is 1. The van der Waals surface area contributed by atoms with E-state index < -0.39 is 6.10 Å². The molecule has 2 rings (SSSR count). The zero-order valence-corrected chi connectivity index (χ0v) is 13.0. The van der Waals surface area contributed by atoms with Crippen LogP contribution in [0.4, 0.5) is 0 Å². The minimum absolute atomic E-state index is 0.0736. The molecule has 1 aromatic carbocycles. The highest BCUT2D eigenvalue weighted by molar-refractivity contribution is 5.77. The van der Waals surface area contributed by atoms with Crippen LogP contribution in [0.2, 0.25) is 0 Å². The summed E-state index contributed by atoms with van der Waals surface area (Å²) in [5, 5.41) is 12.5. The van der Waals surface area contributed by atoms with E-state index in [0.29, 0.717) is 30.9 Å². The van der Waals surface area contributed by atoms with Crippen molar-refractivity contribution >= 4 is 5.91 Å². The number of carbonyl (C=O) groups excluding carboxylic acids is 1. The lowest BCUT2D eigenvalue weighted by Crippen LogP contribution is -2.30. The van der Waals surface area contributed by atoms with Gasteiger partial charge >= 0.3 is 0 Å². The van der Waals surface area contributed by atoms with E-state index in [9.17, 15) is 9.90 Å². The van der Waals surface area contributed by atoms with Crippen LogP contribution in [0.1, 0.15) is 25.0 Å². The van der Waals surface area contributed by atoms with Crippen molar-refractivity contribution in [2.75, 3.05) is 19.8 Å². The Hall–Kier alpha value is -2.47. The summed E-state index contributed by atoms with van der Waals surface area (Å²) in [7, 11) is 0. The molecule has 0 saturated heterocycles. The molecule has 0 aliphatic carbocycles. The number of benzene rings is 1. The molecule has 6 heteroatoms. The lowest BCUT2D eigenvalue weighted by molar-refractivity contribution is -0.123. The Morgan fingerprint density at radius 3 is 2.52 bits per heavy atom. The van der Waals surface area contributed by atoms with Crippen LogP contribution in [0, 0.1) is 0 Å². The van der Waals surface area contributed by atoms with Crippen LogP contribution >= 0.6 is 0 Å². The Morgan fingerprint density at radius 2 is 1.91 bits per heavy atom. The Bertz CT molecular complexity index is 580. The van der Waals surface area contributed by atoms with E-state index in [1.165, 1.54) is 12.5 Å². The largest absolute Gasteiger partial charge is 0.494 e. The summed E-state index contributed by atoms with van der Waals surface area (Å²) in [5.41, 5.74) is 0.699. The van der Waals surface area contributed by atoms with Crippen LogP contribution in [0.3, 0.4) is 0 Å². The summed E-state index contributed by atoms with van der Waals surface area (Å²) >= 11 is 0. The SMILES string of the molecule is CCOc1ccc(OCC(=O)NCCC(O)c2ccoc2)cc1. The predicted molar refractivity (Wildman–Crippen MR) is 84.4 cm³/mol. The molecule has 0 aliphatic rings. The Kier molecular flexibility index (Phi) is 6.50. The summed E-state index contributed by atoms with van der Waals surface area (Å²) in [6.07, 6.45) is 2.75. The van der Waals surface area contributed by atoms with Crippen molar-refractivity contribution in [3.8, 4) is 11.5 Å². The number of carbonyl (C=O) groups is 1. The molecule has 0 aliphatic heterocycles. The van der Waals surface area contributed by atoms with E-state index in [-0.39, 0.29) is 12.5 Å². The molecule has 2 N–H and O–H groups in total. The fraction of sp³-hybridized carbons (Fsp3) is 0.353. The quantitative estimate of drug-likeness (QED) is 0.741. The zero-order valence-electron chi connectivity index (χ0n) is 13.0. The molecule has 6 nitrogen and oxygen atoms in total. The number of aliphatic hydroxyl groups is 1. The first-order valence-corrected chi connectivity index (χ1v) is 7.51. The van der Waals surface area contributed by atoms with E-state index in [2.05, 4.69) is 5.32 Å². The Balaban J connectivity index is 1.64. The average Bonchev–Trinajstić information content (AvgIpc) is 3.09. The van der Waals surface area contributed by atoms with Crippen LogP contribution < -0.4 is 14.8 Å². The fourth-order valence-corrected chi connectivity index (χ4v) is 1.98. The van der Waals surface area contributed by atoms with Gasteiger partial charge in [-0.05, 0) is 43.7 Å². The van der Waals surface area contributed by atoms with Crippen LogP contribution in [0.5, 0.6) is 11.5 Å². The Labute approximate surface area is 135 Å². The number of furan rings is 1. The lowest BCUT2D eigenvalue weighted by Gasteiger charge is -2.10. The normalized spacial score (nSPS) is 11.7. The molecule has 1 amide bonds. The second kappa shape index (κ2) is 8.85.